The molecule has 0 saturated carbocycles. The van der Waals surface area contributed by atoms with E-state index in [-0.39, 0.29) is 11.4 Å². The SMILES string of the molecule is C=C1NC(=O)C(CO)=CN1[C@@H]1O[C@H](C(C)O)C(O)[C@@H]1O. The molecule has 0 spiro atoms. The molecule has 1 saturated heterocycles. The van der Waals surface area contributed by atoms with Crippen LogP contribution in [0.2, 0.25) is 0 Å². The Balaban J connectivity index is 2.25. The molecule has 2 heterocycles. The summed E-state index contributed by atoms with van der Waals surface area (Å²) in [5.41, 5.74) is 0.0724. The summed E-state index contributed by atoms with van der Waals surface area (Å²) in [4.78, 5) is 12.8. The van der Waals surface area contributed by atoms with Crippen LogP contribution in [0.5, 0.6) is 0 Å². The van der Waals surface area contributed by atoms with Gasteiger partial charge in [0.15, 0.2) is 6.23 Å². The predicted molar refractivity (Wildman–Crippen MR) is 66.6 cm³/mol. The molecular formula is C12H18N2O6. The van der Waals surface area contributed by atoms with Crippen molar-refractivity contribution in [2.24, 2.45) is 0 Å². The van der Waals surface area contributed by atoms with E-state index < -0.39 is 43.2 Å². The zero-order valence-electron chi connectivity index (χ0n) is 10.9. The van der Waals surface area contributed by atoms with E-state index in [9.17, 15) is 20.1 Å². The molecule has 1 fully saturated rings. The molecule has 112 valence electrons. The number of ether oxygens (including phenoxy) is 1. The number of nitrogens with one attached hydrogen (secondary N) is 1. The third-order valence-electron chi connectivity index (χ3n) is 3.35. The summed E-state index contributed by atoms with van der Waals surface area (Å²) in [7, 11) is 0. The van der Waals surface area contributed by atoms with Crippen molar-refractivity contribution in [3.8, 4) is 0 Å². The van der Waals surface area contributed by atoms with Crippen molar-refractivity contribution in [2.75, 3.05) is 6.61 Å². The molecule has 2 aliphatic heterocycles. The van der Waals surface area contributed by atoms with Crippen molar-refractivity contribution in [1.29, 1.82) is 0 Å². The summed E-state index contributed by atoms with van der Waals surface area (Å²) >= 11 is 0. The zero-order valence-corrected chi connectivity index (χ0v) is 10.9. The van der Waals surface area contributed by atoms with Crippen LogP contribution in [-0.2, 0) is 9.53 Å². The fourth-order valence-electron chi connectivity index (χ4n) is 2.23. The van der Waals surface area contributed by atoms with E-state index in [2.05, 4.69) is 11.9 Å². The normalized spacial score (nSPS) is 35.9. The first kappa shape index (κ1) is 14.9. The van der Waals surface area contributed by atoms with E-state index in [4.69, 9.17) is 9.84 Å². The highest BCUT2D eigenvalue weighted by molar-refractivity contribution is 5.95. The maximum atomic E-state index is 11.5. The smallest absolute Gasteiger partial charge is 0.256 e. The highest BCUT2D eigenvalue weighted by Gasteiger charge is 2.48. The second-order valence-electron chi connectivity index (χ2n) is 4.83. The Labute approximate surface area is 115 Å². The monoisotopic (exact) mass is 286 g/mol. The number of hydrogen-bond donors (Lipinski definition) is 5. The first-order valence-corrected chi connectivity index (χ1v) is 6.16. The number of rotatable bonds is 3. The summed E-state index contributed by atoms with van der Waals surface area (Å²) < 4.78 is 5.42. The van der Waals surface area contributed by atoms with E-state index in [0.717, 1.165) is 0 Å². The van der Waals surface area contributed by atoms with Crippen molar-refractivity contribution in [3.05, 3.63) is 24.2 Å². The Hall–Kier alpha value is -1.45. The lowest BCUT2D eigenvalue weighted by atomic mass is 10.1. The number of aliphatic hydroxyl groups excluding tert-OH is 4. The van der Waals surface area contributed by atoms with Gasteiger partial charge in [0.25, 0.3) is 5.91 Å². The van der Waals surface area contributed by atoms with Gasteiger partial charge in [-0.05, 0) is 6.92 Å². The van der Waals surface area contributed by atoms with Gasteiger partial charge < -0.3 is 35.4 Å². The van der Waals surface area contributed by atoms with E-state index in [1.54, 1.807) is 0 Å². The lowest BCUT2D eigenvalue weighted by Crippen LogP contribution is -2.48. The quantitative estimate of drug-likeness (QED) is 0.392. The zero-order chi connectivity index (χ0) is 15.0. The minimum atomic E-state index is -1.29. The number of nitrogens with zero attached hydrogens (tertiary/aromatic N) is 1. The largest absolute Gasteiger partial charge is 0.391 e. The average molecular weight is 286 g/mol. The van der Waals surface area contributed by atoms with E-state index in [1.807, 2.05) is 0 Å². The van der Waals surface area contributed by atoms with Gasteiger partial charge in [0, 0.05) is 6.20 Å². The molecule has 0 bridgehead atoms. The van der Waals surface area contributed by atoms with Crippen LogP contribution in [0.4, 0.5) is 0 Å². The second-order valence-corrected chi connectivity index (χ2v) is 4.83. The van der Waals surface area contributed by atoms with Crippen LogP contribution < -0.4 is 5.32 Å². The van der Waals surface area contributed by atoms with Gasteiger partial charge in [0.05, 0.1) is 18.3 Å². The van der Waals surface area contributed by atoms with E-state index in [0.29, 0.717) is 0 Å². The second kappa shape index (κ2) is 5.51. The molecule has 2 aliphatic rings. The summed E-state index contributed by atoms with van der Waals surface area (Å²) in [6.45, 7) is 4.57. The van der Waals surface area contributed by atoms with Crippen LogP contribution in [0.25, 0.3) is 0 Å². The summed E-state index contributed by atoms with van der Waals surface area (Å²) in [5.74, 6) is -0.344. The fourth-order valence-corrected chi connectivity index (χ4v) is 2.23. The Morgan fingerprint density at radius 2 is 2.15 bits per heavy atom. The van der Waals surface area contributed by atoms with Crippen LogP contribution >= 0.6 is 0 Å². The molecule has 0 aromatic heterocycles. The molecule has 8 nitrogen and oxygen atoms in total. The first-order chi connectivity index (χ1) is 9.36. The van der Waals surface area contributed by atoms with Crippen LogP contribution in [0.1, 0.15) is 6.92 Å². The van der Waals surface area contributed by atoms with Crippen LogP contribution in [0, 0.1) is 0 Å². The lowest BCUT2D eigenvalue weighted by Gasteiger charge is -2.34. The Morgan fingerprint density at radius 3 is 2.65 bits per heavy atom. The van der Waals surface area contributed by atoms with E-state index in [1.165, 1.54) is 18.0 Å². The van der Waals surface area contributed by atoms with Crippen LogP contribution in [0.15, 0.2) is 24.2 Å². The minimum absolute atomic E-state index is 0.0724. The van der Waals surface area contributed by atoms with Gasteiger partial charge in [-0.1, -0.05) is 6.58 Å². The molecule has 0 aromatic carbocycles. The molecule has 1 amide bonds. The average Bonchev–Trinajstić information content (AvgIpc) is 2.67. The van der Waals surface area contributed by atoms with Gasteiger partial charge in [0.1, 0.15) is 24.1 Å². The van der Waals surface area contributed by atoms with Crippen molar-refractivity contribution in [2.45, 2.75) is 37.6 Å². The number of hydrogen-bond acceptors (Lipinski definition) is 7. The lowest BCUT2D eigenvalue weighted by molar-refractivity contribution is -0.121. The van der Waals surface area contributed by atoms with Gasteiger partial charge in [0.2, 0.25) is 0 Å². The van der Waals surface area contributed by atoms with Gasteiger partial charge in [-0.15, -0.1) is 0 Å². The first-order valence-electron chi connectivity index (χ1n) is 6.16. The minimum Gasteiger partial charge on any atom is -0.391 e. The molecule has 8 heteroatoms. The topological polar surface area (TPSA) is 122 Å². The fraction of sp³-hybridized carbons (Fsp3) is 0.583. The molecule has 2 rings (SSSR count). The number of amides is 1. The maximum absolute atomic E-state index is 11.5. The van der Waals surface area contributed by atoms with Gasteiger partial charge in [-0.25, -0.2) is 0 Å². The Kier molecular flexibility index (Phi) is 4.11. The summed E-state index contributed by atoms with van der Waals surface area (Å²) in [6.07, 6.45) is -4.20. The Morgan fingerprint density at radius 1 is 1.50 bits per heavy atom. The Bertz CT molecular complexity index is 449. The molecular weight excluding hydrogens is 268 g/mol. The van der Waals surface area contributed by atoms with E-state index >= 15 is 0 Å². The number of aliphatic hydroxyl groups is 4. The molecule has 0 radical (unpaired) electrons. The van der Waals surface area contributed by atoms with Crippen LogP contribution in [0.3, 0.4) is 0 Å². The standard InChI is InChI=1S/C12H18N2O6/c1-5(16)10-8(17)9(18)12(20-10)14-3-7(4-15)11(19)13-6(14)2/h3,5,8-10,12,15-18H,2,4H2,1H3,(H,13,19)/t5?,8?,9-,10+,12+/m0/s1. The highest BCUT2D eigenvalue weighted by Crippen LogP contribution is 2.29. The summed E-state index contributed by atoms with van der Waals surface area (Å²) in [5, 5.41) is 40.8. The third-order valence-corrected chi connectivity index (χ3v) is 3.35. The predicted octanol–water partition coefficient (Wildman–Crippen LogP) is -2.41. The number of carbonyl (C=O) groups is 1. The third kappa shape index (κ3) is 2.43. The molecule has 5 atom stereocenters. The molecule has 5 N–H and O–H groups in total. The van der Waals surface area contributed by atoms with Gasteiger partial charge in [-0.3, -0.25) is 4.79 Å². The molecule has 0 aliphatic carbocycles. The van der Waals surface area contributed by atoms with Crippen molar-refractivity contribution < 1.29 is 30.0 Å². The maximum Gasteiger partial charge on any atom is 0.256 e. The van der Waals surface area contributed by atoms with Gasteiger partial charge >= 0.3 is 0 Å². The van der Waals surface area contributed by atoms with Crippen molar-refractivity contribution in [3.63, 3.8) is 0 Å². The number of carbonyl (C=O) groups excluding carboxylic acids is 1. The molecule has 0 aromatic rings. The van der Waals surface area contributed by atoms with Crippen LogP contribution in [-0.4, -0.2) is 68.5 Å². The highest BCUT2D eigenvalue weighted by atomic mass is 16.6. The molecule has 2 unspecified atom stereocenters. The van der Waals surface area contributed by atoms with Crippen molar-refractivity contribution in [1.82, 2.24) is 10.2 Å². The van der Waals surface area contributed by atoms with Gasteiger partial charge in [-0.2, -0.15) is 0 Å². The van der Waals surface area contributed by atoms with Crippen molar-refractivity contribution >= 4 is 5.91 Å². The molecule has 20 heavy (non-hydrogen) atoms. The summed E-state index contributed by atoms with van der Waals surface area (Å²) in [6, 6.07) is 0.